The summed E-state index contributed by atoms with van der Waals surface area (Å²) < 4.78 is 26.1. The minimum absolute atomic E-state index is 0.356. The predicted octanol–water partition coefficient (Wildman–Crippen LogP) is 2.56. The third-order valence-corrected chi connectivity index (χ3v) is 6.01. The van der Waals surface area contributed by atoms with Crippen molar-refractivity contribution in [1.82, 2.24) is 20.4 Å². The number of anilines is 3. The number of fused-ring (bicyclic) bond motifs is 1. The van der Waals surface area contributed by atoms with Gasteiger partial charge in [0.05, 0.1) is 24.1 Å². The molecule has 0 radical (unpaired) electrons. The van der Waals surface area contributed by atoms with Crippen LogP contribution in [0.2, 0.25) is 0 Å². The zero-order chi connectivity index (χ0) is 19.6. The van der Waals surface area contributed by atoms with Crippen LogP contribution in [0.4, 0.5) is 16.5 Å². The first-order valence-electron chi connectivity index (χ1n) is 8.28. The van der Waals surface area contributed by atoms with Crippen molar-refractivity contribution in [1.29, 1.82) is 0 Å². The molecule has 0 spiro atoms. The van der Waals surface area contributed by atoms with E-state index < -0.39 is 16.6 Å². The van der Waals surface area contributed by atoms with Crippen LogP contribution in [-0.4, -0.2) is 46.3 Å². The maximum absolute atomic E-state index is 11.8. The third-order valence-electron chi connectivity index (χ3n) is 3.86. The van der Waals surface area contributed by atoms with Crippen molar-refractivity contribution in [3.05, 3.63) is 48.7 Å². The molecule has 9 nitrogen and oxygen atoms in total. The lowest BCUT2D eigenvalue weighted by molar-refractivity contribution is 0.320. The van der Waals surface area contributed by atoms with Gasteiger partial charge in [0.15, 0.2) is 0 Å². The lowest BCUT2D eigenvalue weighted by Gasteiger charge is -2.07. The Balaban J connectivity index is 1.53. The van der Waals surface area contributed by atoms with Crippen molar-refractivity contribution < 1.29 is 13.5 Å². The van der Waals surface area contributed by atoms with E-state index >= 15 is 0 Å². The second-order valence-electron chi connectivity index (χ2n) is 5.93. The maximum atomic E-state index is 11.8. The van der Waals surface area contributed by atoms with Gasteiger partial charge < -0.3 is 10.4 Å². The number of hydrogen-bond acceptors (Lipinski definition) is 8. The normalized spacial score (nSPS) is 11.6. The van der Waals surface area contributed by atoms with Crippen LogP contribution in [0.1, 0.15) is 0 Å². The quantitative estimate of drug-likeness (QED) is 0.364. The molecule has 4 rings (SSSR count). The zero-order valence-corrected chi connectivity index (χ0v) is 16.1. The van der Waals surface area contributed by atoms with Crippen molar-refractivity contribution in [3.8, 4) is 10.6 Å². The number of nitrogens with zero attached hydrogens (tertiary/aromatic N) is 3. The molecule has 0 saturated heterocycles. The topological polar surface area (TPSA) is 133 Å². The van der Waals surface area contributed by atoms with E-state index in [9.17, 15) is 8.42 Å². The van der Waals surface area contributed by atoms with E-state index in [0.717, 1.165) is 22.2 Å². The lowest BCUT2D eigenvalue weighted by atomic mass is 10.2. The minimum atomic E-state index is -3.58. The van der Waals surface area contributed by atoms with Crippen molar-refractivity contribution in [2.24, 2.45) is 0 Å². The summed E-state index contributed by atoms with van der Waals surface area (Å²) in [4.78, 5) is 0. The van der Waals surface area contributed by atoms with E-state index in [0.29, 0.717) is 15.8 Å². The Labute approximate surface area is 164 Å². The van der Waals surface area contributed by atoms with Gasteiger partial charge >= 0.3 is 0 Å². The molecule has 2 heterocycles. The number of aliphatic hydroxyl groups is 1. The highest BCUT2D eigenvalue weighted by Gasteiger charge is 2.12. The first-order chi connectivity index (χ1) is 13.5. The Kier molecular flexibility index (Phi) is 4.94. The second-order valence-corrected chi connectivity index (χ2v) is 8.75. The Morgan fingerprint density at radius 1 is 1.11 bits per heavy atom. The first-order valence-corrected chi connectivity index (χ1v) is 10.7. The second kappa shape index (κ2) is 7.54. The molecule has 0 bridgehead atoms. The molecule has 2 aromatic heterocycles. The number of sulfonamides is 1. The number of nitrogens with one attached hydrogen (secondary N) is 3. The molecular formula is C17H16N6O3S2. The van der Waals surface area contributed by atoms with Crippen LogP contribution >= 0.6 is 11.3 Å². The molecule has 4 N–H and O–H groups in total. The number of H-pyrrole nitrogens is 1. The molecule has 28 heavy (non-hydrogen) atoms. The summed E-state index contributed by atoms with van der Waals surface area (Å²) in [7, 11) is -3.58. The van der Waals surface area contributed by atoms with Crippen LogP contribution in [0.5, 0.6) is 0 Å². The predicted molar refractivity (Wildman–Crippen MR) is 109 cm³/mol. The molecule has 0 amide bonds. The van der Waals surface area contributed by atoms with Crippen LogP contribution in [0.25, 0.3) is 21.5 Å². The molecule has 0 fully saturated rings. The number of aliphatic hydroxyl groups excluding tert-OH is 1. The fraction of sp³-hybridized carbons (Fsp3) is 0.118. The van der Waals surface area contributed by atoms with Gasteiger partial charge in [-0.3, -0.25) is 9.82 Å². The highest BCUT2D eigenvalue weighted by Crippen LogP contribution is 2.30. The average molecular weight is 416 g/mol. The highest BCUT2D eigenvalue weighted by atomic mass is 32.2. The average Bonchev–Trinajstić information content (AvgIpc) is 3.30. The minimum Gasteiger partial charge on any atom is -0.395 e. The molecule has 0 aliphatic heterocycles. The zero-order valence-electron chi connectivity index (χ0n) is 14.5. The van der Waals surface area contributed by atoms with Gasteiger partial charge in [-0.05, 0) is 30.3 Å². The maximum Gasteiger partial charge on any atom is 0.234 e. The third kappa shape index (κ3) is 4.11. The van der Waals surface area contributed by atoms with Crippen LogP contribution in [0.3, 0.4) is 0 Å². The van der Waals surface area contributed by atoms with E-state index in [4.69, 9.17) is 5.11 Å². The van der Waals surface area contributed by atoms with Crippen molar-refractivity contribution in [2.75, 3.05) is 22.4 Å². The SMILES string of the molecule is O=S(=O)(CCO)Nc1cccc(-c2nnc(Nc3ccc4[nH]ncc4c3)s2)c1. The van der Waals surface area contributed by atoms with Crippen molar-refractivity contribution in [3.63, 3.8) is 0 Å². The summed E-state index contributed by atoms with van der Waals surface area (Å²) in [5.41, 5.74) is 2.95. The molecule has 4 aromatic rings. The Morgan fingerprint density at radius 2 is 2.00 bits per heavy atom. The van der Waals surface area contributed by atoms with Crippen LogP contribution in [-0.2, 0) is 10.0 Å². The van der Waals surface area contributed by atoms with Gasteiger partial charge in [-0.1, -0.05) is 23.5 Å². The monoisotopic (exact) mass is 416 g/mol. The van der Waals surface area contributed by atoms with E-state index in [1.54, 1.807) is 24.4 Å². The fourth-order valence-corrected chi connectivity index (χ4v) is 4.19. The summed E-state index contributed by atoms with van der Waals surface area (Å²) >= 11 is 1.35. The number of benzene rings is 2. The number of aromatic nitrogens is 4. The molecule has 2 aromatic carbocycles. The molecule has 0 unspecified atom stereocenters. The molecule has 144 valence electrons. The van der Waals surface area contributed by atoms with Gasteiger partial charge in [0.1, 0.15) is 5.01 Å². The molecule has 11 heteroatoms. The number of hydrogen-bond donors (Lipinski definition) is 4. The lowest BCUT2D eigenvalue weighted by Crippen LogP contribution is -2.18. The van der Waals surface area contributed by atoms with E-state index in [2.05, 4.69) is 30.4 Å². The van der Waals surface area contributed by atoms with Gasteiger partial charge in [0, 0.05) is 22.3 Å². The van der Waals surface area contributed by atoms with Crippen LogP contribution in [0, 0.1) is 0 Å². The van der Waals surface area contributed by atoms with Gasteiger partial charge in [-0.15, -0.1) is 10.2 Å². The summed E-state index contributed by atoms with van der Waals surface area (Å²) in [6, 6.07) is 12.7. The molecular weight excluding hydrogens is 400 g/mol. The fourth-order valence-electron chi connectivity index (χ4n) is 2.60. The van der Waals surface area contributed by atoms with Crippen molar-refractivity contribution >= 4 is 48.8 Å². The summed E-state index contributed by atoms with van der Waals surface area (Å²) in [6.45, 7) is -0.439. The Hall–Kier alpha value is -3.02. The first kappa shape index (κ1) is 18.3. The summed E-state index contributed by atoms with van der Waals surface area (Å²) in [5, 5.41) is 29.5. The smallest absolute Gasteiger partial charge is 0.234 e. The van der Waals surface area contributed by atoms with Crippen LogP contribution in [0.15, 0.2) is 48.7 Å². The summed E-state index contributed by atoms with van der Waals surface area (Å²) in [5.74, 6) is -0.356. The van der Waals surface area contributed by atoms with Crippen LogP contribution < -0.4 is 10.0 Å². The van der Waals surface area contributed by atoms with Gasteiger partial charge in [0.25, 0.3) is 0 Å². The van der Waals surface area contributed by atoms with E-state index in [1.807, 2.05) is 24.3 Å². The molecule has 0 atom stereocenters. The Bertz CT molecular complexity index is 1220. The van der Waals surface area contributed by atoms with Gasteiger partial charge in [0.2, 0.25) is 15.2 Å². The Morgan fingerprint density at radius 3 is 2.86 bits per heavy atom. The van der Waals surface area contributed by atoms with E-state index in [1.165, 1.54) is 11.3 Å². The van der Waals surface area contributed by atoms with Gasteiger partial charge in [-0.2, -0.15) is 5.10 Å². The largest absolute Gasteiger partial charge is 0.395 e. The standard InChI is InChI=1S/C17H16N6O3S2/c24-6-7-28(25,26)23-14-3-1-2-11(8-14)16-21-22-17(27-16)19-13-4-5-15-12(9-13)10-18-20-15/h1-5,8-10,23-24H,6-7H2,(H,18,20)(H,19,22). The van der Waals surface area contributed by atoms with Crippen molar-refractivity contribution in [2.45, 2.75) is 0 Å². The summed E-state index contributed by atoms with van der Waals surface area (Å²) in [6.07, 6.45) is 1.75. The number of rotatable bonds is 7. The highest BCUT2D eigenvalue weighted by molar-refractivity contribution is 7.92. The van der Waals surface area contributed by atoms with E-state index in [-0.39, 0.29) is 5.75 Å². The molecule has 0 aliphatic rings. The van der Waals surface area contributed by atoms with Gasteiger partial charge in [-0.25, -0.2) is 8.42 Å². The molecule has 0 aliphatic carbocycles. The number of aromatic amines is 1. The molecule has 0 saturated carbocycles.